The van der Waals surface area contributed by atoms with Crippen LogP contribution in [0.2, 0.25) is 0 Å². The molecule has 0 aliphatic heterocycles. The van der Waals surface area contributed by atoms with Crippen LogP contribution in [0.1, 0.15) is 35.0 Å². The lowest BCUT2D eigenvalue weighted by Crippen LogP contribution is -2.29. The zero-order valence-electron chi connectivity index (χ0n) is 16.8. The summed E-state index contributed by atoms with van der Waals surface area (Å²) in [6, 6.07) is 12.4. The number of rotatable bonds is 6. The molecule has 1 atom stereocenters. The van der Waals surface area contributed by atoms with Crippen molar-refractivity contribution in [3.05, 3.63) is 81.9 Å². The lowest BCUT2D eigenvalue weighted by Gasteiger charge is -2.14. The van der Waals surface area contributed by atoms with Crippen LogP contribution in [0.15, 0.2) is 58.5 Å². The van der Waals surface area contributed by atoms with Crippen LogP contribution in [0.3, 0.4) is 0 Å². The minimum atomic E-state index is -0.585. The Morgan fingerprint density at radius 3 is 2.74 bits per heavy atom. The zero-order chi connectivity index (χ0) is 22.0. The van der Waals surface area contributed by atoms with Gasteiger partial charge >= 0.3 is 0 Å². The molecule has 31 heavy (non-hydrogen) atoms. The molecule has 4 aromatic rings. The van der Waals surface area contributed by atoms with Crippen molar-refractivity contribution in [2.75, 3.05) is 0 Å². The third kappa shape index (κ3) is 4.33. The highest BCUT2D eigenvalue weighted by Crippen LogP contribution is 2.22. The van der Waals surface area contributed by atoms with E-state index in [-0.39, 0.29) is 11.1 Å². The average Bonchev–Trinajstić information content (AvgIpc) is 3.13. The van der Waals surface area contributed by atoms with Crippen LogP contribution in [0.4, 0.5) is 4.39 Å². The quantitative estimate of drug-likeness (QED) is 0.449. The van der Waals surface area contributed by atoms with Crippen molar-refractivity contribution < 1.29 is 9.18 Å². The molecule has 2 heterocycles. The van der Waals surface area contributed by atoms with Gasteiger partial charge < -0.3 is 14.9 Å². The molecule has 8 nitrogen and oxygen atoms in total. The number of fused-ring (bicyclic) bond motifs is 1. The number of amides is 1. The highest BCUT2D eigenvalue weighted by atomic mass is 32.2. The van der Waals surface area contributed by atoms with Gasteiger partial charge in [-0.2, -0.15) is 0 Å². The Bertz CT molecular complexity index is 1320. The summed E-state index contributed by atoms with van der Waals surface area (Å²) in [4.78, 5) is 31.8. The summed E-state index contributed by atoms with van der Waals surface area (Å²) in [5.41, 5.74) is 0.409. The Kier molecular flexibility index (Phi) is 5.81. The minimum absolute atomic E-state index is 0.0301. The third-order valence-corrected chi connectivity index (χ3v) is 5.75. The molecule has 0 saturated carbocycles. The summed E-state index contributed by atoms with van der Waals surface area (Å²) in [5, 5.41) is 12.2. The molecule has 0 aliphatic carbocycles. The molecule has 2 aromatic heterocycles. The van der Waals surface area contributed by atoms with Gasteiger partial charge in [-0.3, -0.25) is 9.59 Å². The van der Waals surface area contributed by atoms with Crippen molar-refractivity contribution in [3.8, 4) is 0 Å². The lowest BCUT2D eigenvalue weighted by molar-refractivity contribution is 0.0933. The van der Waals surface area contributed by atoms with Crippen molar-refractivity contribution in [1.29, 1.82) is 0 Å². The van der Waals surface area contributed by atoms with Gasteiger partial charge in [0.25, 0.3) is 11.5 Å². The number of carbonyl (C=O) groups is 1. The predicted molar refractivity (Wildman–Crippen MR) is 115 cm³/mol. The molecule has 2 N–H and O–H groups in total. The second kappa shape index (κ2) is 8.68. The number of nitrogens with zero attached hydrogens (tertiary/aromatic N) is 4. The Hall–Kier alpha value is -3.53. The minimum Gasteiger partial charge on any atom is -0.342 e. The number of thioether (sulfide) groups is 1. The number of hydrogen-bond donors (Lipinski definition) is 2. The van der Waals surface area contributed by atoms with E-state index in [1.807, 2.05) is 6.07 Å². The fourth-order valence-corrected chi connectivity index (χ4v) is 3.94. The first-order chi connectivity index (χ1) is 14.9. The summed E-state index contributed by atoms with van der Waals surface area (Å²) >= 11 is 1.36. The number of nitrogens with one attached hydrogen (secondary N) is 2. The fraction of sp³-hybridized carbons (Fsp3) is 0.190. The van der Waals surface area contributed by atoms with Crippen LogP contribution in [0.5, 0.6) is 0 Å². The highest BCUT2D eigenvalue weighted by molar-refractivity contribution is 7.98. The average molecular weight is 438 g/mol. The van der Waals surface area contributed by atoms with Gasteiger partial charge in [0.15, 0.2) is 11.0 Å². The van der Waals surface area contributed by atoms with Crippen LogP contribution in [0.25, 0.3) is 10.9 Å². The van der Waals surface area contributed by atoms with Crippen LogP contribution >= 0.6 is 11.8 Å². The molecule has 0 unspecified atom stereocenters. The maximum Gasteiger partial charge on any atom is 0.258 e. The van der Waals surface area contributed by atoms with E-state index in [1.54, 1.807) is 42.8 Å². The van der Waals surface area contributed by atoms with Crippen molar-refractivity contribution in [2.24, 2.45) is 7.05 Å². The van der Waals surface area contributed by atoms with E-state index >= 15 is 0 Å². The van der Waals surface area contributed by atoms with Crippen LogP contribution in [0, 0.1) is 5.82 Å². The molecule has 0 bridgehead atoms. The van der Waals surface area contributed by atoms with Crippen molar-refractivity contribution in [3.63, 3.8) is 0 Å². The van der Waals surface area contributed by atoms with Crippen molar-refractivity contribution in [1.82, 2.24) is 30.0 Å². The Balaban J connectivity index is 1.46. The molecule has 0 spiro atoms. The van der Waals surface area contributed by atoms with E-state index < -0.39 is 17.8 Å². The number of benzene rings is 2. The van der Waals surface area contributed by atoms with Gasteiger partial charge in [-0.25, -0.2) is 9.37 Å². The second-order valence-corrected chi connectivity index (χ2v) is 7.84. The van der Waals surface area contributed by atoms with Gasteiger partial charge in [0.2, 0.25) is 0 Å². The highest BCUT2D eigenvalue weighted by Gasteiger charge is 2.20. The topological polar surface area (TPSA) is 106 Å². The predicted octanol–water partition coefficient (Wildman–Crippen LogP) is 2.97. The number of carbonyl (C=O) groups excluding carboxylic acids is 1. The van der Waals surface area contributed by atoms with Crippen LogP contribution < -0.4 is 10.9 Å². The summed E-state index contributed by atoms with van der Waals surface area (Å²) in [6.07, 6.45) is 0. The Morgan fingerprint density at radius 1 is 1.19 bits per heavy atom. The van der Waals surface area contributed by atoms with Gasteiger partial charge in [0, 0.05) is 7.05 Å². The van der Waals surface area contributed by atoms with Gasteiger partial charge in [0.05, 0.1) is 28.3 Å². The fourth-order valence-electron chi connectivity index (χ4n) is 3.15. The van der Waals surface area contributed by atoms with E-state index in [9.17, 15) is 14.0 Å². The van der Waals surface area contributed by atoms with Gasteiger partial charge in [0.1, 0.15) is 11.6 Å². The van der Waals surface area contributed by atoms with E-state index in [0.717, 1.165) is 0 Å². The number of halogens is 1. The standard InChI is InChI=1S/C21H19FN6O2S/c1-12(23-19(29)13-7-3-5-9-15(13)22)18-26-27-21(28(18)2)31-11-17-24-16-10-6-4-8-14(16)20(30)25-17/h3-10,12H,11H2,1-2H3,(H,23,29)(H,24,25,30)/t12-/m1/s1. The summed E-state index contributed by atoms with van der Waals surface area (Å²) < 4.78 is 15.6. The van der Waals surface area contributed by atoms with E-state index in [0.29, 0.717) is 33.5 Å². The van der Waals surface area contributed by atoms with E-state index in [4.69, 9.17) is 0 Å². The SMILES string of the molecule is C[C@@H](NC(=O)c1ccccc1F)c1nnc(SCc2nc3ccccc3c(=O)[nH]2)n1C. The number of hydrogen-bond acceptors (Lipinski definition) is 6. The van der Waals surface area contributed by atoms with E-state index in [2.05, 4.69) is 25.5 Å². The number of aromatic nitrogens is 5. The van der Waals surface area contributed by atoms with Crippen molar-refractivity contribution >= 4 is 28.6 Å². The number of aromatic amines is 1. The molecule has 4 rings (SSSR count). The van der Waals surface area contributed by atoms with Crippen molar-refractivity contribution in [2.45, 2.75) is 23.9 Å². The number of para-hydroxylation sites is 1. The molecular weight excluding hydrogens is 419 g/mol. The Morgan fingerprint density at radius 2 is 1.94 bits per heavy atom. The maximum atomic E-state index is 13.8. The molecule has 1 amide bonds. The van der Waals surface area contributed by atoms with Crippen LogP contribution in [-0.2, 0) is 12.8 Å². The molecule has 0 radical (unpaired) electrons. The number of H-pyrrole nitrogens is 1. The molecule has 0 fully saturated rings. The molecule has 2 aromatic carbocycles. The molecule has 158 valence electrons. The molecule has 10 heteroatoms. The molecule has 0 saturated heterocycles. The first-order valence-electron chi connectivity index (χ1n) is 9.49. The summed E-state index contributed by atoms with van der Waals surface area (Å²) in [6.45, 7) is 1.75. The first-order valence-corrected chi connectivity index (χ1v) is 10.5. The first kappa shape index (κ1) is 20.7. The maximum absolute atomic E-state index is 13.8. The molecule has 0 aliphatic rings. The molecular formula is C21H19FN6O2S. The summed E-state index contributed by atoms with van der Waals surface area (Å²) in [5.74, 6) is 0.326. The van der Waals surface area contributed by atoms with Gasteiger partial charge in [-0.15, -0.1) is 10.2 Å². The van der Waals surface area contributed by atoms with Gasteiger partial charge in [-0.1, -0.05) is 36.0 Å². The van der Waals surface area contributed by atoms with Gasteiger partial charge in [-0.05, 0) is 31.2 Å². The monoisotopic (exact) mass is 438 g/mol. The smallest absolute Gasteiger partial charge is 0.258 e. The summed E-state index contributed by atoms with van der Waals surface area (Å²) in [7, 11) is 1.78. The van der Waals surface area contributed by atoms with Crippen LogP contribution in [-0.4, -0.2) is 30.6 Å². The second-order valence-electron chi connectivity index (χ2n) is 6.89. The largest absolute Gasteiger partial charge is 0.342 e. The van der Waals surface area contributed by atoms with E-state index in [1.165, 1.54) is 30.0 Å². The normalized spacial score (nSPS) is 12.1. The Labute approximate surface area is 180 Å². The lowest BCUT2D eigenvalue weighted by atomic mass is 10.2. The third-order valence-electron chi connectivity index (χ3n) is 4.72. The zero-order valence-corrected chi connectivity index (χ0v) is 17.6.